The van der Waals surface area contributed by atoms with Gasteiger partial charge in [-0.2, -0.15) is 0 Å². The summed E-state index contributed by atoms with van der Waals surface area (Å²) in [5.74, 6) is 0.912. The molecule has 0 aliphatic heterocycles. The lowest BCUT2D eigenvalue weighted by Crippen LogP contribution is -2.30. The highest BCUT2D eigenvalue weighted by Gasteiger charge is 2.30. The first kappa shape index (κ1) is 95.1. The molecule has 576 valence electrons. The average molecular weight is 1420 g/mol. The minimum absolute atomic E-state index is 0.102. The van der Waals surface area contributed by atoms with E-state index in [9.17, 15) is 43.2 Å². The van der Waals surface area contributed by atoms with E-state index in [4.69, 9.17) is 37.0 Å². The van der Waals surface area contributed by atoms with Gasteiger partial charge in [-0.25, -0.2) is 9.13 Å². The number of aliphatic hydroxyl groups excluding tert-OH is 1. The van der Waals surface area contributed by atoms with E-state index in [0.717, 1.165) is 114 Å². The smallest absolute Gasteiger partial charge is 0.462 e. The van der Waals surface area contributed by atoms with Crippen LogP contribution in [0, 0.1) is 23.7 Å². The molecule has 0 rings (SSSR count). The molecule has 0 heterocycles. The number of esters is 4. The van der Waals surface area contributed by atoms with E-state index in [0.29, 0.717) is 31.6 Å². The number of phosphoric ester groups is 2. The summed E-state index contributed by atoms with van der Waals surface area (Å²) in [4.78, 5) is 72.8. The molecular formula is C78H152O17P2. The maximum Gasteiger partial charge on any atom is 0.472 e. The number of carbonyl (C=O) groups is 4. The predicted octanol–water partition coefficient (Wildman–Crippen LogP) is 22.8. The Labute approximate surface area is 594 Å². The largest absolute Gasteiger partial charge is 0.472 e. The van der Waals surface area contributed by atoms with Gasteiger partial charge in [-0.15, -0.1) is 0 Å². The third-order valence-corrected chi connectivity index (χ3v) is 20.3. The Morgan fingerprint density at radius 2 is 0.495 bits per heavy atom. The average Bonchev–Trinajstić information content (AvgIpc) is 1.68. The van der Waals surface area contributed by atoms with E-state index in [1.165, 1.54) is 193 Å². The molecule has 0 aliphatic rings. The first-order valence-corrected chi connectivity index (χ1v) is 43.2. The van der Waals surface area contributed by atoms with Crippen molar-refractivity contribution in [3.8, 4) is 0 Å². The summed E-state index contributed by atoms with van der Waals surface area (Å²) >= 11 is 0. The molecule has 0 radical (unpaired) electrons. The maximum atomic E-state index is 13.1. The van der Waals surface area contributed by atoms with Crippen molar-refractivity contribution in [3.05, 3.63) is 0 Å². The van der Waals surface area contributed by atoms with Crippen LogP contribution in [0.15, 0.2) is 0 Å². The molecule has 0 aromatic heterocycles. The van der Waals surface area contributed by atoms with Gasteiger partial charge in [0.25, 0.3) is 0 Å². The molecule has 6 atom stereocenters. The van der Waals surface area contributed by atoms with Crippen molar-refractivity contribution in [3.63, 3.8) is 0 Å². The topological polar surface area (TPSA) is 237 Å². The van der Waals surface area contributed by atoms with Crippen LogP contribution in [0.5, 0.6) is 0 Å². The standard InChI is InChI=1S/C78H152O17P2/c1-9-71(8)57-49-41-36-37-45-53-61-78(83)95-74(65-89-76(81)59-51-43-35-29-32-40-48-56-70(6)7)67-93-97(86,87)91-63-72(79)62-90-96(84,85)92-66-73(94-77(82)60-52-44-34-28-24-20-16-18-22-26-31-39-47-55-69(4)5)64-88-75(80)58-50-42-33-27-23-19-15-13-11-10-12-14-17-21-25-30-38-46-54-68(2)3/h68-74,79H,9-67H2,1-8H3,(H,84,85)(H,86,87)/t71?,72?,73-,74-/m1/s1. The fourth-order valence-corrected chi connectivity index (χ4v) is 13.5. The fraction of sp³-hybridized carbons (Fsp3) is 0.949. The van der Waals surface area contributed by atoms with Crippen molar-refractivity contribution in [2.75, 3.05) is 39.6 Å². The maximum absolute atomic E-state index is 13.1. The molecule has 0 fully saturated rings. The number of unbranched alkanes of at least 4 members (excludes halogenated alkanes) is 40. The number of aliphatic hydroxyl groups is 1. The van der Waals surface area contributed by atoms with Gasteiger partial charge in [-0.1, -0.05) is 344 Å². The minimum atomic E-state index is -4.96. The zero-order valence-electron chi connectivity index (χ0n) is 63.7. The van der Waals surface area contributed by atoms with Crippen LogP contribution in [0.2, 0.25) is 0 Å². The molecule has 97 heavy (non-hydrogen) atoms. The molecule has 4 unspecified atom stereocenters. The van der Waals surface area contributed by atoms with Crippen LogP contribution in [0.4, 0.5) is 0 Å². The van der Waals surface area contributed by atoms with E-state index in [1.807, 2.05) is 0 Å². The van der Waals surface area contributed by atoms with Crippen LogP contribution in [-0.2, 0) is 65.4 Å². The zero-order chi connectivity index (χ0) is 71.7. The third kappa shape index (κ3) is 70.9. The summed E-state index contributed by atoms with van der Waals surface area (Å²) in [5, 5.41) is 10.6. The quantitative estimate of drug-likeness (QED) is 0.0222. The van der Waals surface area contributed by atoms with Gasteiger partial charge in [-0.3, -0.25) is 37.3 Å². The van der Waals surface area contributed by atoms with Crippen molar-refractivity contribution in [1.29, 1.82) is 0 Å². The van der Waals surface area contributed by atoms with Crippen LogP contribution < -0.4 is 0 Å². The molecule has 17 nitrogen and oxygen atoms in total. The molecule has 19 heteroatoms. The second-order valence-electron chi connectivity index (χ2n) is 29.8. The highest BCUT2D eigenvalue weighted by molar-refractivity contribution is 7.47. The van der Waals surface area contributed by atoms with Gasteiger partial charge < -0.3 is 33.8 Å². The van der Waals surface area contributed by atoms with E-state index in [1.54, 1.807) is 0 Å². The second kappa shape index (κ2) is 67.2. The molecule has 0 amide bonds. The fourth-order valence-electron chi connectivity index (χ4n) is 11.9. The van der Waals surface area contributed by atoms with E-state index in [2.05, 4.69) is 55.4 Å². The van der Waals surface area contributed by atoms with Crippen LogP contribution in [0.25, 0.3) is 0 Å². The van der Waals surface area contributed by atoms with E-state index in [-0.39, 0.29) is 25.7 Å². The highest BCUT2D eigenvalue weighted by Crippen LogP contribution is 2.45. The molecule has 0 aromatic rings. The first-order chi connectivity index (χ1) is 46.6. The number of hydrogen-bond acceptors (Lipinski definition) is 15. The molecule has 0 saturated carbocycles. The number of phosphoric acid groups is 2. The second-order valence-corrected chi connectivity index (χ2v) is 32.7. The Morgan fingerprint density at radius 3 is 0.732 bits per heavy atom. The van der Waals surface area contributed by atoms with Crippen LogP contribution in [0.1, 0.15) is 396 Å². The van der Waals surface area contributed by atoms with Gasteiger partial charge in [0.05, 0.1) is 26.4 Å². The summed E-state index contributed by atoms with van der Waals surface area (Å²) in [6.45, 7) is 14.2. The molecule has 0 spiro atoms. The van der Waals surface area contributed by atoms with Crippen LogP contribution >= 0.6 is 15.6 Å². The number of ether oxygens (including phenoxy) is 4. The Hall–Kier alpha value is -1.94. The first-order valence-electron chi connectivity index (χ1n) is 40.2. The van der Waals surface area contributed by atoms with Gasteiger partial charge in [0.2, 0.25) is 0 Å². The molecule has 0 aliphatic carbocycles. The summed E-state index contributed by atoms with van der Waals surface area (Å²) < 4.78 is 68.5. The van der Waals surface area contributed by atoms with Crippen molar-refractivity contribution in [2.45, 2.75) is 414 Å². The summed E-state index contributed by atoms with van der Waals surface area (Å²) in [6, 6.07) is 0. The third-order valence-electron chi connectivity index (χ3n) is 18.4. The SMILES string of the molecule is CCC(C)CCCCCCCCC(=O)O[C@H](COC(=O)CCCCCCCCCC(C)C)COP(=O)(O)OCC(O)COP(=O)(O)OC[C@@H](COC(=O)CCCCCCCCCCCCCCCCCCCCC(C)C)OC(=O)CCCCCCCCCCCCCCCC(C)C. The molecule has 3 N–H and O–H groups in total. The Morgan fingerprint density at radius 1 is 0.289 bits per heavy atom. The van der Waals surface area contributed by atoms with E-state index >= 15 is 0 Å². The molecule has 0 saturated heterocycles. The van der Waals surface area contributed by atoms with Gasteiger partial charge in [0, 0.05) is 25.7 Å². The van der Waals surface area contributed by atoms with Gasteiger partial charge in [0.1, 0.15) is 19.3 Å². The monoisotopic (exact) mass is 1420 g/mol. The zero-order valence-corrected chi connectivity index (χ0v) is 65.5. The lowest BCUT2D eigenvalue weighted by Gasteiger charge is -2.21. The van der Waals surface area contributed by atoms with Crippen molar-refractivity contribution >= 4 is 39.5 Å². The molecule has 0 aromatic carbocycles. The van der Waals surface area contributed by atoms with Crippen LogP contribution in [0.3, 0.4) is 0 Å². The summed E-state index contributed by atoms with van der Waals surface area (Å²) in [5.41, 5.74) is 0. The Balaban J connectivity index is 5.19. The van der Waals surface area contributed by atoms with Gasteiger partial charge in [-0.05, 0) is 49.4 Å². The van der Waals surface area contributed by atoms with Crippen molar-refractivity contribution < 1.29 is 80.2 Å². The number of carbonyl (C=O) groups excluding carboxylic acids is 4. The molecule has 0 bridgehead atoms. The predicted molar refractivity (Wildman–Crippen MR) is 395 cm³/mol. The number of hydrogen-bond donors (Lipinski definition) is 3. The van der Waals surface area contributed by atoms with Gasteiger partial charge >= 0.3 is 39.5 Å². The Kier molecular flexibility index (Phi) is 65.9. The summed E-state index contributed by atoms with van der Waals surface area (Å²) in [7, 11) is -9.91. The summed E-state index contributed by atoms with van der Waals surface area (Å²) in [6.07, 6.45) is 53.0. The van der Waals surface area contributed by atoms with Crippen molar-refractivity contribution in [1.82, 2.24) is 0 Å². The Bertz CT molecular complexity index is 1900. The van der Waals surface area contributed by atoms with Gasteiger partial charge in [0.15, 0.2) is 12.2 Å². The lowest BCUT2D eigenvalue weighted by molar-refractivity contribution is -0.161. The van der Waals surface area contributed by atoms with E-state index < -0.39 is 97.5 Å². The minimum Gasteiger partial charge on any atom is -0.462 e. The highest BCUT2D eigenvalue weighted by atomic mass is 31.2. The van der Waals surface area contributed by atoms with Crippen LogP contribution in [-0.4, -0.2) is 96.7 Å². The molecular weight excluding hydrogens is 1270 g/mol. The normalized spacial score (nSPS) is 14.4. The van der Waals surface area contributed by atoms with Crippen molar-refractivity contribution in [2.24, 2.45) is 23.7 Å². The lowest BCUT2D eigenvalue weighted by atomic mass is 10.00. The number of rotatable bonds is 75.